The number of aliphatic imine (C=N–C) groups is 1. The highest BCUT2D eigenvalue weighted by molar-refractivity contribution is 7.93. The molecule has 1 atom stereocenters. The van der Waals surface area contributed by atoms with E-state index >= 15 is 0 Å². The molecule has 0 spiro atoms. The van der Waals surface area contributed by atoms with E-state index in [-0.39, 0.29) is 35.1 Å². The number of ketones is 1. The monoisotopic (exact) mass is 429 g/mol. The first-order chi connectivity index (χ1) is 13.9. The number of pyridine rings is 2. The van der Waals surface area contributed by atoms with Gasteiger partial charge in [0, 0.05) is 11.9 Å². The van der Waals surface area contributed by atoms with Crippen molar-refractivity contribution in [1.82, 2.24) is 9.97 Å². The van der Waals surface area contributed by atoms with Crippen molar-refractivity contribution in [3.8, 4) is 0 Å². The number of hydrogen-bond donors (Lipinski definition) is 1. The molecule has 2 aromatic heterocycles. The molecule has 3 heterocycles. The van der Waals surface area contributed by atoms with Crippen LogP contribution in [0, 0.1) is 12.4 Å². The highest BCUT2D eigenvalue weighted by atomic mass is 32.2. The summed E-state index contributed by atoms with van der Waals surface area (Å²) in [4.78, 5) is 28.1. The lowest BCUT2D eigenvalue weighted by Gasteiger charge is -2.37. The first kappa shape index (κ1) is 21.5. The summed E-state index contributed by atoms with van der Waals surface area (Å²) in [6.07, 6.45) is 1.11. The van der Waals surface area contributed by atoms with Gasteiger partial charge in [-0.25, -0.2) is 17.7 Å². The third-order valence-electron chi connectivity index (χ3n) is 5.15. The summed E-state index contributed by atoms with van der Waals surface area (Å²) < 4.78 is 38.7. The normalized spacial score (nSPS) is 22.0. The van der Waals surface area contributed by atoms with E-state index < -0.39 is 31.7 Å². The van der Waals surface area contributed by atoms with Gasteiger partial charge < -0.3 is 5.73 Å². The quantitative estimate of drug-likeness (QED) is 0.589. The van der Waals surface area contributed by atoms with Crippen LogP contribution in [-0.2, 0) is 21.8 Å². The lowest BCUT2D eigenvalue weighted by Crippen LogP contribution is -2.55. The van der Waals surface area contributed by atoms with Gasteiger partial charge in [0.1, 0.15) is 33.3 Å². The second-order valence-electron chi connectivity index (χ2n) is 7.79. The molecule has 1 aliphatic heterocycles. The fourth-order valence-corrected chi connectivity index (χ4v) is 4.76. The van der Waals surface area contributed by atoms with Gasteiger partial charge in [0.05, 0.1) is 18.7 Å². The Balaban J connectivity index is 1.97. The van der Waals surface area contributed by atoms with Crippen molar-refractivity contribution in [1.29, 1.82) is 0 Å². The van der Waals surface area contributed by atoms with Crippen molar-refractivity contribution in [2.24, 2.45) is 10.7 Å². The van der Waals surface area contributed by atoms with Gasteiger partial charge in [0.25, 0.3) is 0 Å². The summed E-state index contributed by atoms with van der Waals surface area (Å²) in [6, 6.07) is 5.39. The lowest BCUT2D eigenvalue weighted by molar-refractivity contribution is 0.0987. The molecule has 156 valence electrons. The van der Waals surface area contributed by atoms with Gasteiger partial charge in [0.2, 0.25) is 5.69 Å². The van der Waals surface area contributed by atoms with Crippen molar-refractivity contribution < 1.29 is 17.6 Å². The molecule has 1 aliphatic rings. The van der Waals surface area contributed by atoms with Crippen molar-refractivity contribution in [2.75, 3.05) is 5.75 Å². The fourth-order valence-electron chi connectivity index (χ4n) is 3.09. The first-order valence-electron chi connectivity index (χ1n) is 9.00. The van der Waals surface area contributed by atoms with Crippen molar-refractivity contribution >= 4 is 27.1 Å². The summed E-state index contributed by atoms with van der Waals surface area (Å²) >= 11 is 0. The van der Waals surface area contributed by atoms with Crippen molar-refractivity contribution in [3.63, 3.8) is 0 Å². The molecule has 0 aromatic carbocycles. The predicted molar refractivity (Wildman–Crippen MR) is 110 cm³/mol. The zero-order valence-electron chi connectivity index (χ0n) is 16.7. The SMILES string of the molecule is [C-]#[N+]c1ccc(C(=O)Cc2ccc(F)c([C@]3(C)CS(=O)(=O)C(C)(C)C(N)=N3)n2)nc1. The third-order valence-corrected chi connectivity index (χ3v) is 7.86. The molecule has 0 saturated carbocycles. The van der Waals surface area contributed by atoms with Crippen LogP contribution in [0.1, 0.15) is 42.6 Å². The van der Waals surface area contributed by atoms with Crippen molar-refractivity contribution in [2.45, 2.75) is 37.5 Å². The van der Waals surface area contributed by atoms with Gasteiger partial charge in [-0.05, 0) is 39.0 Å². The maximum Gasteiger partial charge on any atom is 0.205 e. The summed E-state index contributed by atoms with van der Waals surface area (Å²) in [6.45, 7) is 11.3. The predicted octanol–water partition coefficient (Wildman–Crippen LogP) is 2.37. The van der Waals surface area contributed by atoms with Crippen LogP contribution >= 0.6 is 0 Å². The molecule has 2 N–H and O–H groups in total. The van der Waals surface area contributed by atoms with E-state index in [0.717, 1.165) is 6.07 Å². The lowest BCUT2D eigenvalue weighted by atomic mass is 9.97. The number of sulfone groups is 1. The summed E-state index contributed by atoms with van der Waals surface area (Å²) in [7, 11) is -3.73. The number of nitrogens with two attached hydrogens (primary N) is 1. The average molecular weight is 429 g/mol. The zero-order valence-corrected chi connectivity index (χ0v) is 17.5. The number of carbonyl (C=O) groups excluding carboxylic acids is 1. The van der Waals surface area contributed by atoms with Crippen molar-refractivity contribution in [3.05, 3.63) is 64.8 Å². The number of nitrogens with zero attached hydrogens (tertiary/aromatic N) is 4. The molecule has 0 saturated heterocycles. The smallest absolute Gasteiger partial charge is 0.205 e. The molecular formula is C20H20FN5O3S. The molecule has 0 aliphatic carbocycles. The minimum Gasteiger partial charge on any atom is -0.386 e. The van der Waals surface area contributed by atoms with E-state index in [0.29, 0.717) is 5.69 Å². The number of rotatable bonds is 4. The van der Waals surface area contributed by atoms with Gasteiger partial charge in [-0.3, -0.25) is 19.8 Å². The standard InChI is InChI=1S/C20H20FN5O3S/c1-19(2)18(22)26-20(3,11-30(19,28)29)17-14(21)7-5-12(25-17)9-16(27)15-8-6-13(23-4)10-24-15/h5-8,10H,9,11H2,1-3H3,(H2,22,26)/t20-/m0/s1. The van der Waals surface area contributed by atoms with E-state index in [4.69, 9.17) is 12.3 Å². The van der Waals surface area contributed by atoms with E-state index in [1.165, 1.54) is 45.2 Å². The van der Waals surface area contributed by atoms with Crippen LogP contribution in [-0.4, -0.2) is 40.5 Å². The molecule has 10 heteroatoms. The summed E-state index contributed by atoms with van der Waals surface area (Å²) in [5, 5.41) is 0. The highest BCUT2D eigenvalue weighted by Gasteiger charge is 2.50. The fraction of sp³-hybridized carbons (Fsp3) is 0.350. The molecule has 8 nitrogen and oxygen atoms in total. The number of halogens is 1. The minimum absolute atomic E-state index is 0.122. The Morgan fingerprint density at radius 3 is 2.53 bits per heavy atom. The number of hydrogen-bond acceptors (Lipinski definition) is 7. The first-order valence-corrected chi connectivity index (χ1v) is 10.7. The van der Waals surface area contributed by atoms with Gasteiger partial charge in [0.15, 0.2) is 15.6 Å². The second-order valence-corrected chi connectivity index (χ2v) is 10.3. The maximum absolute atomic E-state index is 14.6. The molecule has 0 amide bonds. The van der Waals surface area contributed by atoms with Gasteiger partial charge in [-0.15, -0.1) is 0 Å². The Kier molecular flexibility index (Phi) is 5.20. The van der Waals surface area contributed by atoms with E-state index in [2.05, 4.69) is 19.8 Å². The molecule has 0 radical (unpaired) electrons. The highest BCUT2D eigenvalue weighted by Crippen LogP contribution is 2.37. The van der Waals surface area contributed by atoms with Crippen LogP contribution in [0.25, 0.3) is 4.85 Å². The molecule has 2 aromatic rings. The Morgan fingerprint density at radius 1 is 1.27 bits per heavy atom. The van der Waals surface area contributed by atoms with Crippen LogP contribution in [0.5, 0.6) is 0 Å². The van der Waals surface area contributed by atoms with Crippen LogP contribution in [0.15, 0.2) is 35.5 Å². The van der Waals surface area contributed by atoms with Gasteiger partial charge in [-0.1, -0.05) is 6.07 Å². The third kappa shape index (κ3) is 3.68. The van der Waals surface area contributed by atoms with E-state index in [1.54, 1.807) is 0 Å². The van der Waals surface area contributed by atoms with E-state index in [1.807, 2.05) is 0 Å². The Labute approximate surface area is 173 Å². The molecule has 3 rings (SSSR count). The van der Waals surface area contributed by atoms with Crippen LogP contribution in [0.3, 0.4) is 0 Å². The Bertz CT molecular complexity index is 1200. The molecule has 0 unspecified atom stereocenters. The topological polar surface area (TPSA) is 120 Å². The summed E-state index contributed by atoms with van der Waals surface area (Å²) in [5.41, 5.74) is 4.89. The Hall–Kier alpha value is -3.19. The van der Waals surface area contributed by atoms with E-state index in [9.17, 15) is 17.6 Å². The Morgan fingerprint density at radius 2 is 1.97 bits per heavy atom. The van der Waals surface area contributed by atoms with Gasteiger partial charge >= 0.3 is 0 Å². The van der Waals surface area contributed by atoms with Crippen LogP contribution in [0.4, 0.5) is 10.1 Å². The number of Topliss-reactive ketones (excluding diaryl/α,β-unsaturated/α-hetero) is 1. The molecule has 30 heavy (non-hydrogen) atoms. The summed E-state index contributed by atoms with van der Waals surface area (Å²) in [5.74, 6) is -1.70. The average Bonchev–Trinajstić information content (AvgIpc) is 2.67. The second kappa shape index (κ2) is 7.25. The molecule has 0 bridgehead atoms. The maximum atomic E-state index is 14.6. The molecule has 0 fully saturated rings. The number of amidine groups is 1. The minimum atomic E-state index is -3.73. The number of aromatic nitrogens is 2. The van der Waals surface area contributed by atoms with Crippen LogP contribution < -0.4 is 5.73 Å². The largest absolute Gasteiger partial charge is 0.386 e. The zero-order chi connectivity index (χ0) is 22.3. The van der Waals surface area contributed by atoms with Gasteiger partial charge in [-0.2, -0.15) is 0 Å². The molecular weight excluding hydrogens is 409 g/mol. The number of carbonyl (C=O) groups is 1. The van der Waals surface area contributed by atoms with Crippen LogP contribution in [0.2, 0.25) is 0 Å².